The van der Waals surface area contributed by atoms with Crippen molar-refractivity contribution in [3.8, 4) is 0 Å². The lowest BCUT2D eigenvalue weighted by atomic mass is 10.2. The van der Waals surface area contributed by atoms with Gasteiger partial charge >= 0.3 is 5.97 Å². The first-order valence-corrected chi connectivity index (χ1v) is 4.37. The molecule has 0 saturated heterocycles. The molecule has 0 aliphatic rings. The standard InChI is InChI=1S/C7H4F2O4S/c8-4-2-5(9)6(14(12)13)1-3(4)7(10)11/h1-2H,(H,10,11)(H,12,13). The van der Waals surface area contributed by atoms with Crippen molar-refractivity contribution in [3.05, 3.63) is 29.3 Å². The second-order valence-electron chi connectivity index (χ2n) is 2.32. The fourth-order valence-electron chi connectivity index (χ4n) is 0.827. The number of benzene rings is 1. The zero-order chi connectivity index (χ0) is 10.9. The van der Waals surface area contributed by atoms with Gasteiger partial charge in [0.25, 0.3) is 0 Å². The molecule has 0 fully saturated rings. The Morgan fingerprint density at radius 2 is 1.86 bits per heavy atom. The van der Waals surface area contributed by atoms with E-state index in [2.05, 4.69) is 0 Å². The van der Waals surface area contributed by atoms with Crippen LogP contribution in [0, 0.1) is 11.6 Å². The van der Waals surface area contributed by atoms with Crippen LogP contribution in [0.25, 0.3) is 0 Å². The summed E-state index contributed by atoms with van der Waals surface area (Å²) in [6.45, 7) is 0. The lowest BCUT2D eigenvalue weighted by Crippen LogP contribution is -2.04. The van der Waals surface area contributed by atoms with E-state index in [0.29, 0.717) is 6.07 Å². The maximum atomic E-state index is 12.8. The van der Waals surface area contributed by atoms with Crippen LogP contribution in [0.5, 0.6) is 0 Å². The van der Waals surface area contributed by atoms with Gasteiger partial charge in [-0.3, -0.25) is 0 Å². The molecule has 4 nitrogen and oxygen atoms in total. The summed E-state index contributed by atoms with van der Waals surface area (Å²) < 4.78 is 44.5. The van der Waals surface area contributed by atoms with Gasteiger partial charge in [-0.2, -0.15) is 0 Å². The second-order valence-corrected chi connectivity index (χ2v) is 3.25. The molecule has 0 heterocycles. The smallest absolute Gasteiger partial charge is 0.338 e. The molecule has 0 bridgehead atoms. The highest BCUT2D eigenvalue weighted by Crippen LogP contribution is 2.17. The zero-order valence-corrected chi connectivity index (χ0v) is 7.35. The number of carboxylic acids is 1. The number of aromatic carboxylic acids is 1. The Morgan fingerprint density at radius 3 is 2.29 bits per heavy atom. The van der Waals surface area contributed by atoms with Crippen molar-refractivity contribution in [2.75, 3.05) is 0 Å². The number of carbonyl (C=O) groups is 1. The van der Waals surface area contributed by atoms with Crippen LogP contribution < -0.4 is 0 Å². The van der Waals surface area contributed by atoms with Gasteiger partial charge in [0.2, 0.25) is 0 Å². The van der Waals surface area contributed by atoms with E-state index in [4.69, 9.17) is 9.66 Å². The normalized spacial score (nSPS) is 12.5. The Morgan fingerprint density at radius 1 is 1.29 bits per heavy atom. The average molecular weight is 222 g/mol. The lowest BCUT2D eigenvalue weighted by molar-refractivity contribution is 0.0691. The Bertz CT molecular complexity index is 383. The molecule has 1 unspecified atom stereocenters. The van der Waals surface area contributed by atoms with Crippen LogP contribution >= 0.6 is 0 Å². The molecule has 14 heavy (non-hydrogen) atoms. The van der Waals surface area contributed by atoms with Crippen LogP contribution in [0.2, 0.25) is 0 Å². The van der Waals surface area contributed by atoms with Crippen molar-refractivity contribution in [1.29, 1.82) is 0 Å². The first-order chi connectivity index (χ1) is 6.43. The number of carboxylic acid groups (broad SMARTS) is 1. The first-order valence-electron chi connectivity index (χ1n) is 3.26. The van der Waals surface area contributed by atoms with Crippen molar-refractivity contribution in [1.82, 2.24) is 0 Å². The number of halogens is 2. The SMILES string of the molecule is O=C(O)c1cc(S(=O)O)c(F)cc1F. The molecule has 0 aliphatic carbocycles. The molecule has 0 aromatic heterocycles. The topological polar surface area (TPSA) is 74.6 Å². The van der Waals surface area contributed by atoms with Crippen LogP contribution in [0.15, 0.2) is 17.0 Å². The summed E-state index contributed by atoms with van der Waals surface area (Å²) in [6, 6.07) is 0.746. The van der Waals surface area contributed by atoms with Crippen molar-refractivity contribution in [2.24, 2.45) is 0 Å². The average Bonchev–Trinajstić information content (AvgIpc) is 2.02. The summed E-state index contributed by atoms with van der Waals surface area (Å²) >= 11 is -2.68. The van der Waals surface area contributed by atoms with E-state index in [0.717, 1.165) is 0 Å². The monoisotopic (exact) mass is 222 g/mol. The van der Waals surface area contributed by atoms with E-state index >= 15 is 0 Å². The Labute approximate surface area is 79.5 Å². The van der Waals surface area contributed by atoms with Crippen LogP contribution in [0.3, 0.4) is 0 Å². The van der Waals surface area contributed by atoms with Crippen LogP contribution in [0.4, 0.5) is 8.78 Å². The molecule has 1 aromatic carbocycles. The number of rotatable bonds is 2. The zero-order valence-electron chi connectivity index (χ0n) is 6.53. The summed E-state index contributed by atoms with van der Waals surface area (Å²) in [7, 11) is 0. The molecule has 1 atom stereocenters. The Kier molecular flexibility index (Phi) is 2.92. The third-order valence-electron chi connectivity index (χ3n) is 1.44. The molecule has 0 aliphatic heterocycles. The Balaban J connectivity index is 3.42. The molecule has 76 valence electrons. The minimum Gasteiger partial charge on any atom is -0.478 e. The van der Waals surface area contributed by atoms with E-state index in [1.54, 1.807) is 0 Å². The summed E-state index contributed by atoms with van der Waals surface area (Å²) in [6.07, 6.45) is 0. The van der Waals surface area contributed by atoms with E-state index < -0.39 is 39.1 Å². The summed E-state index contributed by atoms with van der Waals surface area (Å²) in [5.41, 5.74) is -0.844. The van der Waals surface area contributed by atoms with E-state index in [1.807, 2.05) is 0 Å². The first kappa shape index (κ1) is 10.7. The van der Waals surface area contributed by atoms with Crippen molar-refractivity contribution in [3.63, 3.8) is 0 Å². The fourth-order valence-corrected chi connectivity index (χ4v) is 1.27. The molecule has 7 heteroatoms. The summed E-state index contributed by atoms with van der Waals surface area (Å²) in [5.74, 6) is -4.17. The van der Waals surface area contributed by atoms with Gasteiger partial charge in [0.15, 0.2) is 11.1 Å². The van der Waals surface area contributed by atoms with Gasteiger partial charge in [-0.1, -0.05) is 0 Å². The summed E-state index contributed by atoms with van der Waals surface area (Å²) in [4.78, 5) is 9.60. The lowest BCUT2D eigenvalue weighted by Gasteiger charge is -2.01. The van der Waals surface area contributed by atoms with Gasteiger partial charge in [-0.15, -0.1) is 0 Å². The molecule has 0 spiro atoms. The van der Waals surface area contributed by atoms with E-state index in [1.165, 1.54) is 0 Å². The molecule has 1 rings (SSSR count). The van der Waals surface area contributed by atoms with Crippen molar-refractivity contribution in [2.45, 2.75) is 4.90 Å². The minimum atomic E-state index is -2.68. The number of hydrogen-bond donors (Lipinski definition) is 2. The highest BCUT2D eigenvalue weighted by molar-refractivity contribution is 7.79. The third-order valence-corrected chi connectivity index (χ3v) is 2.13. The van der Waals surface area contributed by atoms with Gasteiger partial charge in [0.1, 0.15) is 16.5 Å². The van der Waals surface area contributed by atoms with Gasteiger partial charge in [0, 0.05) is 6.07 Å². The van der Waals surface area contributed by atoms with Crippen LogP contribution in [-0.4, -0.2) is 19.8 Å². The molecule has 1 aromatic rings. The largest absolute Gasteiger partial charge is 0.478 e. The van der Waals surface area contributed by atoms with Gasteiger partial charge in [0.05, 0.1) is 5.56 Å². The fraction of sp³-hybridized carbons (Fsp3) is 0. The van der Waals surface area contributed by atoms with Gasteiger partial charge < -0.3 is 9.66 Å². The van der Waals surface area contributed by atoms with Gasteiger partial charge in [-0.25, -0.2) is 17.8 Å². The predicted octanol–water partition coefficient (Wildman–Crippen LogP) is 1.24. The maximum Gasteiger partial charge on any atom is 0.338 e. The predicted molar refractivity (Wildman–Crippen MR) is 42.4 cm³/mol. The molecular formula is C7H4F2O4S. The minimum absolute atomic E-state index is 0.257. The molecular weight excluding hydrogens is 218 g/mol. The molecule has 0 amide bonds. The molecule has 0 saturated carbocycles. The Hall–Kier alpha value is -1.34. The van der Waals surface area contributed by atoms with Crippen molar-refractivity contribution < 1.29 is 27.4 Å². The molecule has 2 N–H and O–H groups in total. The van der Waals surface area contributed by atoms with Crippen molar-refractivity contribution >= 4 is 17.0 Å². The second kappa shape index (κ2) is 3.81. The maximum absolute atomic E-state index is 12.8. The van der Waals surface area contributed by atoms with Crippen LogP contribution in [-0.2, 0) is 11.1 Å². The highest BCUT2D eigenvalue weighted by Gasteiger charge is 2.17. The summed E-state index contributed by atoms with van der Waals surface area (Å²) in [5, 5.41) is 8.42. The number of hydrogen-bond acceptors (Lipinski definition) is 2. The van der Waals surface area contributed by atoms with E-state index in [9.17, 15) is 17.8 Å². The quantitative estimate of drug-likeness (QED) is 0.738. The third kappa shape index (κ3) is 1.94. The molecule has 0 radical (unpaired) electrons. The highest BCUT2D eigenvalue weighted by atomic mass is 32.2. The van der Waals surface area contributed by atoms with Gasteiger partial charge in [-0.05, 0) is 6.07 Å². The van der Waals surface area contributed by atoms with E-state index in [-0.39, 0.29) is 6.07 Å². The van der Waals surface area contributed by atoms with Crippen LogP contribution in [0.1, 0.15) is 10.4 Å².